The summed E-state index contributed by atoms with van der Waals surface area (Å²) in [6, 6.07) is 12.3. The summed E-state index contributed by atoms with van der Waals surface area (Å²) in [5.74, 6) is 0.351. The van der Waals surface area contributed by atoms with E-state index in [4.69, 9.17) is 0 Å². The molecule has 0 unspecified atom stereocenters. The van der Waals surface area contributed by atoms with E-state index in [1.807, 2.05) is 18.2 Å². The third-order valence-electron chi connectivity index (χ3n) is 3.53. The van der Waals surface area contributed by atoms with E-state index in [9.17, 15) is 5.11 Å². The van der Waals surface area contributed by atoms with Crippen LogP contribution in [0.3, 0.4) is 0 Å². The predicted octanol–water partition coefficient (Wildman–Crippen LogP) is 4.93. The highest BCUT2D eigenvalue weighted by Crippen LogP contribution is 2.30. The number of hydrogen-bond donors (Lipinski definition) is 2. The number of anilines is 1. The number of benzene rings is 2. The molecule has 0 amide bonds. The molecule has 2 aromatic rings. The summed E-state index contributed by atoms with van der Waals surface area (Å²) < 4.78 is 0. The van der Waals surface area contributed by atoms with Crippen LogP contribution in [-0.4, -0.2) is 11.1 Å². The lowest BCUT2D eigenvalue weighted by molar-refractivity contribution is 0.481. The highest BCUT2D eigenvalue weighted by molar-refractivity contribution is 5.97. The summed E-state index contributed by atoms with van der Waals surface area (Å²) in [4.78, 5) is 0. The first-order valence-corrected chi connectivity index (χ1v) is 7.23. The van der Waals surface area contributed by atoms with Gasteiger partial charge in [-0.3, -0.25) is 0 Å². The first kappa shape index (κ1) is 13.7. The van der Waals surface area contributed by atoms with Crippen LogP contribution < -0.4 is 5.32 Å². The molecular weight excluding hydrogens is 234 g/mol. The van der Waals surface area contributed by atoms with Gasteiger partial charge < -0.3 is 10.4 Å². The van der Waals surface area contributed by atoms with Crippen LogP contribution in [0.15, 0.2) is 36.4 Å². The number of nitrogens with one attached hydrogen (secondary N) is 1. The lowest BCUT2D eigenvalue weighted by Gasteiger charge is -2.20. The number of phenolic OH excluding ortho intramolecular Hbond substituents is 1. The Morgan fingerprint density at radius 2 is 1.58 bits per heavy atom. The Bertz CT molecular complexity index is 530. The van der Waals surface area contributed by atoms with Crippen molar-refractivity contribution in [2.75, 3.05) is 5.32 Å². The third kappa shape index (κ3) is 3.19. The van der Waals surface area contributed by atoms with Gasteiger partial charge in [-0.05, 0) is 25.0 Å². The van der Waals surface area contributed by atoms with Crippen LogP contribution >= 0.6 is 0 Å². The monoisotopic (exact) mass is 257 g/mol. The highest BCUT2D eigenvalue weighted by Gasteiger charge is 2.09. The zero-order chi connectivity index (χ0) is 13.7. The van der Waals surface area contributed by atoms with Crippen molar-refractivity contribution in [3.63, 3.8) is 0 Å². The molecule has 0 atom stereocenters. The molecule has 0 radical (unpaired) electrons. The lowest BCUT2D eigenvalue weighted by Crippen LogP contribution is -2.18. The summed E-state index contributed by atoms with van der Waals surface area (Å²) in [5.41, 5.74) is 1.13. The third-order valence-corrected chi connectivity index (χ3v) is 3.53. The van der Waals surface area contributed by atoms with Gasteiger partial charge in [0.1, 0.15) is 5.75 Å². The van der Waals surface area contributed by atoms with Crippen LogP contribution in [0.25, 0.3) is 10.8 Å². The predicted molar refractivity (Wildman–Crippen MR) is 82.8 cm³/mol. The molecule has 0 spiro atoms. The van der Waals surface area contributed by atoms with Gasteiger partial charge in [0.25, 0.3) is 0 Å². The maximum Gasteiger partial charge on any atom is 0.123 e. The molecule has 0 fully saturated rings. The van der Waals surface area contributed by atoms with E-state index in [0.29, 0.717) is 11.8 Å². The van der Waals surface area contributed by atoms with Gasteiger partial charge in [-0.2, -0.15) is 0 Å². The van der Waals surface area contributed by atoms with Crippen molar-refractivity contribution in [1.82, 2.24) is 0 Å². The minimum Gasteiger partial charge on any atom is -0.507 e. The summed E-state index contributed by atoms with van der Waals surface area (Å²) in [7, 11) is 0. The van der Waals surface area contributed by atoms with E-state index in [-0.39, 0.29) is 0 Å². The molecule has 0 aromatic heterocycles. The largest absolute Gasteiger partial charge is 0.507 e. The van der Waals surface area contributed by atoms with Crippen LogP contribution in [-0.2, 0) is 0 Å². The molecule has 0 aliphatic heterocycles. The molecule has 0 aliphatic carbocycles. The molecule has 0 saturated carbocycles. The smallest absolute Gasteiger partial charge is 0.123 e. The van der Waals surface area contributed by atoms with Crippen LogP contribution in [0.2, 0.25) is 0 Å². The van der Waals surface area contributed by atoms with E-state index in [0.717, 1.165) is 16.5 Å². The van der Waals surface area contributed by atoms with Gasteiger partial charge in [-0.1, -0.05) is 51.0 Å². The Morgan fingerprint density at radius 3 is 2.26 bits per heavy atom. The first-order valence-electron chi connectivity index (χ1n) is 7.23. The van der Waals surface area contributed by atoms with E-state index in [1.165, 1.54) is 25.7 Å². The average molecular weight is 257 g/mol. The van der Waals surface area contributed by atoms with Crippen molar-refractivity contribution in [2.45, 2.75) is 45.6 Å². The molecule has 2 nitrogen and oxygen atoms in total. The molecule has 102 valence electrons. The zero-order valence-electron chi connectivity index (χ0n) is 11.8. The van der Waals surface area contributed by atoms with Crippen molar-refractivity contribution < 1.29 is 5.11 Å². The summed E-state index contributed by atoms with van der Waals surface area (Å²) >= 11 is 0. The standard InChI is InChI=1S/C17H23NO/c1-3-7-13(8-4-2)18-16-11-5-10-15-14(16)9-6-12-17(15)19/h5-6,9-13,18-19H,3-4,7-8H2,1-2H3. The Morgan fingerprint density at radius 1 is 0.947 bits per heavy atom. The minimum atomic E-state index is 0.351. The van der Waals surface area contributed by atoms with Crippen molar-refractivity contribution in [2.24, 2.45) is 0 Å². The number of aromatic hydroxyl groups is 1. The molecule has 2 rings (SSSR count). The van der Waals surface area contributed by atoms with Crippen LogP contribution in [0.5, 0.6) is 5.75 Å². The Kier molecular flexibility index (Phi) is 4.67. The Balaban J connectivity index is 2.31. The average Bonchev–Trinajstić information content (AvgIpc) is 2.40. The zero-order valence-corrected chi connectivity index (χ0v) is 11.8. The highest BCUT2D eigenvalue weighted by atomic mass is 16.3. The van der Waals surface area contributed by atoms with Crippen LogP contribution in [0.1, 0.15) is 39.5 Å². The lowest BCUT2D eigenvalue weighted by atomic mass is 10.0. The SMILES string of the molecule is CCCC(CCC)Nc1cccc2c(O)cccc12. The molecule has 0 heterocycles. The fraction of sp³-hybridized carbons (Fsp3) is 0.412. The van der Waals surface area contributed by atoms with Gasteiger partial charge in [-0.15, -0.1) is 0 Å². The van der Waals surface area contributed by atoms with E-state index >= 15 is 0 Å². The van der Waals surface area contributed by atoms with Gasteiger partial charge in [-0.25, -0.2) is 0 Å². The molecule has 0 saturated heterocycles. The fourth-order valence-electron chi connectivity index (χ4n) is 2.62. The quantitative estimate of drug-likeness (QED) is 0.769. The summed E-state index contributed by atoms with van der Waals surface area (Å²) in [6.07, 6.45) is 4.74. The van der Waals surface area contributed by atoms with Crippen molar-refractivity contribution in [1.29, 1.82) is 0 Å². The van der Waals surface area contributed by atoms with Gasteiger partial charge in [0, 0.05) is 22.5 Å². The molecule has 2 aromatic carbocycles. The molecule has 2 N–H and O–H groups in total. The maximum absolute atomic E-state index is 9.91. The normalized spacial score (nSPS) is 11.1. The number of fused-ring (bicyclic) bond motifs is 1. The van der Waals surface area contributed by atoms with Crippen LogP contribution in [0, 0.1) is 0 Å². The molecule has 0 bridgehead atoms. The minimum absolute atomic E-state index is 0.351. The van der Waals surface area contributed by atoms with Crippen molar-refractivity contribution in [3.8, 4) is 5.75 Å². The Labute approximate surface area is 115 Å². The second-order valence-corrected chi connectivity index (χ2v) is 5.10. The van der Waals surface area contributed by atoms with Crippen LogP contribution in [0.4, 0.5) is 5.69 Å². The summed E-state index contributed by atoms with van der Waals surface area (Å²) in [5, 5.41) is 15.6. The van der Waals surface area contributed by atoms with Crippen molar-refractivity contribution >= 4 is 16.5 Å². The molecule has 19 heavy (non-hydrogen) atoms. The van der Waals surface area contributed by atoms with E-state index in [2.05, 4.69) is 31.3 Å². The van der Waals surface area contributed by atoms with E-state index in [1.54, 1.807) is 6.07 Å². The van der Waals surface area contributed by atoms with Gasteiger partial charge in [0.15, 0.2) is 0 Å². The first-order chi connectivity index (χ1) is 9.26. The van der Waals surface area contributed by atoms with Crippen molar-refractivity contribution in [3.05, 3.63) is 36.4 Å². The molecule has 2 heteroatoms. The number of hydrogen-bond acceptors (Lipinski definition) is 2. The topological polar surface area (TPSA) is 32.3 Å². The maximum atomic E-state index is 9.91. The number of phenols is 1. The van der Waals surface area contributed by atoms with Gasteiger partial charge in [0.2, 0.25) is 0 Å². The van der Waals surface area contributed by atoms with Gasteiger partial charge >= 0.3 is 0 Å². The summed E-state index contributed by atoms with van der Waals surface area (Å²) in [6.45, 7) is 4.44. The van der Waals surface area contributed by atoms with E-state index < -0.39 is 0 Å². The second kappa shape index (κ2) is 6.46. The molecule has 0 aliphatic rings. The fourth-order valence-corrected chi connectivity index (χ4v) is 2.62. The molecular formula is C17H23NO. The second-order valence-electron chi connectivity index (χ2n) is 5.10. The Hall–Kier alpha value is -1.70. The van der Waals surface area contributed by atoms with Gasteiger partial charge in [0.05, 0.1) is 0 Å². The number of rotatable bonds is 6.